The van der Waals surface area contributed by atoms with Gasteiger partial charge in [-0.25, -0.2) is 9.67 Å². The van der Waals surface area contributed by atoms with Crippen LogP contribution < -0.4 is 4.74 Å². The van der Waals surface area contributed by atoms with E-state index in [0.29, 0.717) is 5.92 Å². The SMILES string of the molecule is CCCCCc1ccc2c(c1)c1ccc(Oc3cc(CCC(C)C)cc(-n4nc(C)c(-c5ccccc5)c4C)c3)cc1n2-c1cc(C)ccn1. The van der Waals surface area contributed by atoms with Crippen LogP contribution in [0.15, 0.2) is 103 Å². The zero-order chi connectivity index (χ0) is 34.8. The van der Waals surface area contributed by atoms with Gasteiger partial charge in [-0.05, 0) is 123 Å². The molecule has 0 saturated carbocycles. The summed E-state index contributed by atoms with van der Waals surface area (Å²) in [6, 6.07) is 34.8. The summed E-state index contributed by atoms with van der Waals surface area (Å²) in [5, 5.41) is 7.49. The molecule has 0 amide bonds. The van der Waals surface area contributed by atoms with Crippen LogP contribution in [0.3, 0.4) is 0 Å². The molecule has 5 heteroatoms. The van der Waals surface area contributed by atoms with Crippen molar-refractivity contribution in [1.82, 2.24) is 19.3 Å². The predicted molar refractivity (Wildman–Crippen MR) is 208 cm³/mol. The van der Waals surface area contributed by atoms with Crippen LogP contribution in [0, 0.1) is 26.7 Å². The molecule has 0 aliphatic heterocycles. The van der Waals surface area contributed by atoms with Crippen molar-refractivity contribution in [3.63, 3.8) is 0 Å². The van der Waals surface area contributed by atoms with Crippen molar-refractivity contribution in [1.29, 1.82) is 0 Å². The number of aryl methyl sites for hydroxylation is 4. The van der Waals surface area contributed by atoms with E-state index in [1.807, 2.05) is 12.3 Å². The lowest BCUT2D eigenvalue weighted by molar-refractivity contribution is 0.481. The molecule has 0 atom stereocenters. The number of unbranched alkanes of at least 4 members (excludes halogenated alkanes) is 2. The molecule has 3 aromatic heterocycles. The van der Waals surface area contributed by atoms with E-state index >= 15 is 0 Å². The largest absolute Gasteiger partial charge is 0.457 e. The first-order chi connectivity index (χ1) is 24.3. The van der Waals surface area contributed by atoms with Crippen LogP contribution in [0.25, 0.3) is 44.4 Å². The van der Waals surface area contributed by atoms with Crippen LogP contribution in [0.1, 0.15) is 74.5 Å². The summed E-state index contributed by atoms with van der Waals surface area (Å²) in [5.74, 6) is 3.12. The summed E-state index contributed by atoms with van der Waals surface area (Å²) in [4.78, 5) is 4.82. The van der Waals surface area contributed by atoms with Gasteiger partial charge in [0.1, 0.15) is 17.3 Å². The smallest absolute Gasteiger partial charge is 0.137 e. The highest BCUT2D eigenvalue weighted by molar-refractivity contribution is 6.09. The molecule has 3 heterocycles. The number of pyridine rings is 1. The van der Waals surface area contributed by atoms with E-state index in [9.17, 15) is 0 Å². The van der Waals surface area contributed by atoms with Gasteiger partial charge in [-0.1, -0.05) is 70.0 Å². The highest BCUT2D eigenvalue weighted by atomic mass is 16.5. The maximum atomic E-state index is 6.78. The molecule has 0 bridgehead atoms. The number of benzene rings is 4. The second-order valence-electron chi connectivity index (χ2n) is 14.2. The average molecular weight is 661 g/mol. The van der Waals surface area contributed by atoms with Gasteiger partial charge in [-0.15, -0.1) is 0 Å². The Kier molecular flexibility index (Phi) is 9.58. The fraction of sp³-hybridized carbons (Fsp3) is 0.289. The van der Waals surface area contributed by atoms with Gasteiger partial charge in [0.2, 0.25) is 0 Å². The van der Waals surface area contributed by atoms with E-state index in [1.54, 1.807) is 0 Å². The second-order valence-corrected chi connectivity index (χ2v) is 14.2. The second kappa shape index (κ2) is 14.4. The zero-order valence-corrected chi connectivity index (χ0v) is 30.3. The van der Waals surface area contributed by atoms with Crippen LogP contribution in [-0.2, 0) is 12.8 Å². The lowest BCUT2D eigenvalue weighted by Crippen LogP contribution is -2.02. The van der Waals surface area contributed by atoms with Gasteiger partial charge < -0.3 is 4.74 Å². The maximum Gasteiger partial charge on any atom is 0.137 e. The molecule has 254 valence electrons. The Labute approximate surface area is 296 Å². The first-order valence-electron chi connectivity index (χ1n) is 18.2. The number of fused-ring (bicyclic) bond motifs is 3. The van der Waals surface area contributed by atoms with Gasteiger partial charge in [0.15, 0.2) is 0 Å². The predicted octanol–water partition coefficient (Wildman–Crippen LogP) is 12.1. The van der Waals surface area contributed by atoms with E-state index in [2.05, 4.69) is 142 Å². The van der Waals surface area contributed by atoms with E-state index in [1.165, 1.54) is 57.9 Å². The minimum absolute atomic E-state index is 0.605. The van der Waals surface area contributed by atoms with Crippen LogP contribution in [0.5, 0.6) is 11.5 Å². The first-order valence-corrected chi connectivity index (χ1v) is 18.2. The standard InChI is InChI=1S/C45H48N4O/c1-7-8-10-13-34-18-21-42-41(27-34)40-20-19-38(29-43(40)48(42)44-24-31(4)22-23-46-44)50-39-26-35(17-16-30(2)3)25-37(28-39)49-33(6)45(32(5)47-49)36-14-11-9-12-15-36/h9,11-12,14-15,18-30H,7-8,10,13,16-17H2,1-6H3. The fourth-order valence-corrected chi connectivity index (χ4v) is 7.21. The molecule has 50 heavy (non-hydrogen) atoms. The summed E-state index contributed by atoms with van der Waals surface area (Å²) < 4.78 is 11.1. The molecule has 0 radical (unpaired) electrons. The van der Waals surface area contributed by atoms with Crippen molar-refractivity contribution in [3.8, 4) is 34.1 Å². The topological polar surface area (TPSA) is 44.9 Å². The van der Waals surface area contributed by atoms with Crippen molar-refractivity contribution in [2.24, 2.45) is 5.92 Å². The number of hydrogen-bond donors (Lipinski definition) is 0. The Hall–Kier alpha value is -5.16. The zero-order valence-electron chi connectivity index (χ0n) is 30.3. The first kappa shape index (κ1) is 33.3. The Bertz CT molecular complexity index is 2270. The van der Waals surface area contributed by atoms with E-state index in [-0.39, 0.29) is 0 Å². The van der Waals surface area contributed by atoms with Gasteiger partial charge in [0.05, 0.1) is 22.4 Å². The van der Waals surface area contributed by atoms with Crippen molar-refractivity contribution in [2.75, 3.05) is 0 Å². The van der Waals surface area contributed by atoms with Crippen molar-refractivity contribution < 1.29 is 4.74 Å². The minimum Gasteiger partial charge on any atom is -0.457 e. The quantitative estimate of drug-likeness (QED) is 0.123. The number of nitrogens with zero attached hydrogens (tertiary/aromatic N) is 4. The molecular weight excluding hydrogens is 613 g/mol. The normalized spacial score (nSPS) is 11.7. The van der Waals surface area contributed by atoms with Gasteiger partial charge in [-0.3, -0.25) is 4.57 Å². The molecule has 0 spiro atoms. The van der Waals surface area contributed by atoms with Gasteiger partial charge in [0.25, 0.3) is 0 Å². The van der Waals surface area contributed by atoms with Gasteiger partial charge >= 0.3 is 0 Å². The molecule has 7 aromatic rings. The number of hydrogen-bond acceptors (Lipinski definition) is 3. The Morgan fingerprint density at radius 2 is 1.56 bits per heavy atom. The Morgan fingerprint density at radius 3 is 2.34 bits per heavy atom. The lowest BCUT2D eigenvalue weighted by Gasteiger charge is -2.14. The van der Waals surface area contributed by atoms with Crippen molar-refractivity contribution >= 4 is 21.8 Å². The molecular formula is C45H48N4O. The highest BCUT2D eigenvalue weighted by Crippen LogP contribution is 2.37. The molecule has 0 saturated heterocycles. The lowest BCUT2D eigenvalue weighted by atomic mass is 10.0. The van der Waals surface area contributed by atoms with E-state index < -0.39 is 0 Å². The minimum atomic E-state index is 0.605. The molecule has 0 aliphatic rings. The Morgan fingerprint density at radius 1 is 0.720 bits per heavy atom. The summed E-state index contributed by atoms with van der Waals surface area (Å²) in [6.07, 6.45) is 8.75. The third-order valence-electron chi connectivity index (χ3n) is 9.80. The maximum absolute atomic E-state index is 6.78. The molecule has 0 N–H and O–H groups in total. The average Bonchev–Trinajstić information content (AvgIpc) is 3.59. The highest BCUT2D eigenvalue weighted by Gasteiger charge is 2.18. The summed E-state index contributed by atoms with van der Waals surface area (Å²) in [5.41, 5.74) is 11.6. The van der Waals surface area contributed by atoms with Gasteiger partial charge in [-0.2, -0.15) is 5.10 Å². The van der Waals surface area contributed by atoms with Crippen molar-refractivity contribution in [2.45, 2.75) is 80.1 Å². The van der Waals surface area contributed by atoms with Gasteiger partial charge in [0, 0.05) is 40.4 Å². The molecule has 4 aromatic carbocycles. The molecule has 0 aliphatic carbocycles. The van der Waals surface area contributed by atoms with Crippen LogP contribution >= 0.6 is 0 Å². The van der Waals surface area contributed by atoms with Crippen LogP contribution in [-0.4, -0.2) is 19.3 Å². The molecule has 0 fully saturated rings. The van der Waals surface area contributed by atoms with E-state index in [4.69, 9.17) is 14.8 Å². The third kappa shape index (κ3) is 6.82. The molecule has 0 unspecified atom stereocenters. The summed E-state index contributed by atoms with van der Waals surface area (Å²) in [6.45, 7) is 13.2. The fourth-order valence-electron chi connectivity index (χ4n) is 7.21. The van der Waals surface area contributed by atoms with Crippen LogP contribution in [0.4, 0.5) is 0 Å². The Balaban J connectivity index is 1.32. The summed E-state index contributed by atoms with van der Waals surface area (Å²) in [7, 11) is 0. The molecule has 5 nitrogen and oxygen atoms in total. The monoisotopic (exact) mass is 660 g/mol. The summed E-state index contributed by atoms with van der Waals surface area (Å²) >= 11 is 0. The van der Waals surface area contributed by atoms with Crippen LogP contribution in [0.2, 0.25) is 0 Å². The third-order valence-corrected chi connectivity index (χ3v) is 9.80. The van der Waals surface area contributed by atoms with Crippen molar-refractivity contribution in [3.05, 3.63) is 131 Å². The number of rotatable bonds is 12. The number of aromatic nitrogens is 4. The number of ether oxygens (including phenoxy) is 1. The van der Waals surface area contributed by atoms with E-state index in [0.717, 1.165) is 64.7 Å². The molecule has 7 rings (SSSR count).